The summed E-state index contributed by atoms with van der Waals surface area (Å²) >= 11 is 0. The molecule has 21 heavy (non-hydrogen) atoms. The second-order valence-electron chi connectivity index (χ2n) is 5.76. The molecule has 0 unspecified atom stereocenters. The topological polar surface area (TPSA) is 40.0 Å². The Balaban J connectivity index is 2.33. The number of aliphatic imine (C=N–C) groups is 1. The van der Waals surface area contributed by atoms with Crippen molar-refractivity contribution in [2.24, 2.45) is 4.99 Å². The largest absolute Gasteiger partial charge is 0.496 e. The normalized spacial score (nSPS) is 17.7. The molecular formula is C17H25NO3. The number of hydrogen-bond donors (Lipinski definition) is 0. The highest BCUT2D eigenvalue weighted by molar-refractivity contribution is 5.88. The molecule has 1 fully saturated rings. The van der Waals surface area contributed by atoms with Gasteiger partial charge in [0.15, 0.2) is 0 Å². The van der Waals surface area contributed by atoms with E-state index in [1.54, 1.807) is 21.3 Å². The van der Waals surface area contributed by atoms with Crippen LogP contribution in [0, 0.1) is 0 Å². The predicted octanol–water partition coefficient (Wildman–Crippen LogP) is 3.85. The number of benzene rings is 1. The third kappa shape index (κ3) is 3.69. The molecule has 4 heteroatoms. The van der Waals surface area contributed by atoms with Crippen LogP contribution < -0.4 is 14.2 Å². The third-order valence-electron chi connectivity index (χ3n) is 4.19. The molecule has 0 amide bonds. The summed E-state index contributed by atoms with van der Waals surface area (Å²) in [5.74, 6) is 2.15. The van der Waals surface area contributed by atoms with Crippen LogP contribution in [-0.4, -0.2) is 33.1 Å². The van der Waals surface area contributed by atoms with E-state index in [0.717, 1.165) is 18.4 Å². The van der Waals surface area contributed by atoms with E-state index in [2.05, 4.69) is 6.92 Å². The highest BCUT2D eigenvalue weighted by atomic mass is 16.5. The lowest BCUT2D eigenvalue weighted by atomic mass is 9.84. The van der Waals surface area contributed by atoms with Crippen molar-refractivity contribution in [2.75, 3.05) is 21.3 Å². The van der Waals surface area contributed by atoms with Crippen LogP contribution in [0.2, 0.25) is 0 Å². The highest BCUT2D eigenvalue weighted by Gasteiger charge is 2.25. The van der Waals surface area contributed by atoms with Gasteiger partial charge in [-0.1, -0.05) is 19.3 Å². The molecule has 1 saturated carbocycles. The van der Waals surface area contributed by atoms with E-state index in [1.807, 2.05) is 18.3 Å². The van der Waals surface area contributed by atoms with E-state index in [1.165, 1.54) is 19.3 Å². The van der Waals surface area contributed by atoms with Crippen LogP contribution in [0.1, 0.15) is 44.6 Å². The van der Waals surface area contributed by atoms with Crippen molar-refractivity contribution in [1.82, 2.24) is 0 Å². The molecule has 0 heterocycles. The van der Waals surface area contributed by atoms with Crippen LogP contribution in [0.5, 0.6) is 17.2 Å². The molecule has 1 aliphatic rings. The fourth-order valence-electron chi connectivity index (χ4n) is 2.82. The maximum atomic E-state index is 5.45. The van der Waals surface area contributed by atoms with Crippen molar-refractivity contribution in [2.45, 2.75) is 44.6 Å². The molecule has 4 nitrogen and oxygen atoms in total. The first-order valence-electron chi connectivity index (χ1n) is 7.47. The Kier molecular flexibility index (Phi) is 5.10. The maximum Gasteiger partial charge on any atom is 0.135 e. The lowest BCUT2D eigenvalue weighted by molar-refractivity contribution is 0.326. The summed E-state index contributed by atoms with van der Waals surface area (Å²) in [4.78, 5) is 4.83. The van der Waals surface area contributed by atoms with Gasteiger partial charge in [0.1, 0.15) is 17.2 Å². The van der Waals surface area contributed by atoms with Crippen LogP contribution in [0.4, 0.5) is 0 Å². The van der Waals surface area contributed by atoms with Gasteiger partial charge in [-0.2, -0.15) is 0 Å². The second-order valence-corrected chi connectivity index (χ2v) is 5.76. The zero-order valence-corrected chi connectivity index (χ0v) is 13.4. The monoisotopic (exact) mass is 291 g/mol. The van der Waals surface area contributed by atoms with Crippen LogP contribution >= 0.6 is 0 Å². The molecule has 1 aromatic carbocycles. The molecule has 0 saturated heterocycles. The van der Waals surface area contributed by atoms with Crippen LogP contribution in [0.25, 0.3) is 0 Å². The summed E-state index contributed by atoms with van der Waals surface area (Å²) in [6.07, 6.45) is 8.01. The third-order valence-corrected chi connectivity index (χ3v) is 4.19. The summed E-state index contributed by atoms with van der Waals surface area (Å²) in [7, 11) is 4.92. The first kappa shape index (κ1) is 15.7. The van der Waals surface area contributed by atoms with Gasteiger partial charge in [-0.3, -0.25) is 4.99 Å². The Bertz CT molecular complexity index is 480. The Labute approximate surface area is 127 Å². The first-order chi connectivity index (χ1) is 10.1. The van der Waals surface area contributed by atoms with Gasteiger partial charge in [-0.05, 0) is 19.8 Å². The SMILES string of the molecule is COc1cc(OC)c(C=NC2(C)CCCCC2)c(OC)c1. The van der Waals surface area contributed by atoms with Gasteiger partial charge in [0.2, 0.25) is 0 Å². The van der Waals surface area contributed by atoms with Gasteiger partial charge < -0.3 is 14.2 Å². The van der Waals surface area contributed by atoms with E-state index in [9.17, 15) is 0 Å². The van der Waals surface area contributed by atoms with Gasteiger partial charge in [0.25, 0.3) is 0 Å². The van der Waals surface area contributed by atoms with Crippen molar-refractivity contribution < 1.29 is 14.2 Å². The van der Waals surface area contributed by atoms with E-state index in [-0.39, 0.29) is 5.54 Å². The molecule has 0 N–H and O–H groups in total. The smallest absolute Gasteiger partial charge is 0.135 e. The number of nitrogens with zero attached hydrogens (tertiary/aromatic N) is 1. The van der Waals surface area contributed by atoms with Gasteiger partial charge in [0, 0.05) is 18.3 Å². The molecule has 0 aliphatic heterocycles. The van der Waals surface area contributed by atoms with Gasteiger partial charge in [-0.15, -0.1) is 0 Å². The predicted molar refractivity (Wildman–Crippen MR) is 85.2 cm³/mol. The van der Waals surface area contributed by atoms with E-state index >= 15 is 0 Å². The molecule has 0 spiro atoms. The average Bonchev–Trinajstić information content (AvgIpc) is 2.52. The lowest BCUT2D eigenvalue weighted by Crippen LogP contribution is -2.25. The zero-order chi connectivity index (χ0) is 15.3. The summed E-state index contributed by atoms with van der Waals surface area (Å²) in [5, 5.41) is 0. The quantitative estimate of drug-likeness (QED) is 0.774. The van der Waals surface area contributed by atoms with Crippen molar-refractivity contribution in [1.29, 1.82) is 0 Å². The number of ether oxygens (including phenoxy) is 3. The summed E-state index contributed by atoms with van der Waals surface area (Å²) in [6.45, 7) is 2.23. The van der Waals surface area contributed by atoms with E-state index in [4.69, 9.17) is 19.2 Å². The fourth-order valence-corrected chi connectivity index (χ4v) is 2.82. The fraction of sp³-hybridized carbons (Fsp3) is 0.588. The number of methoxy groups -OCH3 is 3. The average molecular weight is 291 g/mol. The zero-order valence-electron chi connectivity index (χ0n) is 13.4. The van der Waals surface area contributed by atoms with Crippen LogP contribution in [0.15, 0.2) is 17.1 Å². The van der Waals surface area contributed by atoms with Crippen LogP contribution in [-0.2, 0) is 0 Å². The van der Waals surface area contributed by atoms with Gasteiger partial charge >= 0.3 is 0 Å². The number of rotatable bonds is 5. The highest BCUT2D eigenvalue weighted by Crippen LogP contribution is 2.35. The number of hydrogen-bond acceptors (Lipinski definition) is 4. The van der Waals surface area contributed by atoms with Gasteiger partial charge in [0.05, 0.1) is 32.4 Å². The summed E-state index contributed by atoms with van der Waals surface area (Å²) < 4.78 is 16.2. The first-order valence-corrected chi connectivity index (χ1v) is 7.47. The van der Waals surface area contributed by atoms with E-state index in [0.29, 0.717) is 17.2 Å². The Hall–Kier alpha value is -1.71. The second kappa shape index (κ2) is 6.83. The summed E-state index contributed by atoms with van der Waals surface area (Å²) in [5.41, 5.74) is 0.904. The Morgan fingerprint density at radius 3 is 2.00 bits per heavy atom. The maximum absolute atomic E-state index is 5.45. The lowest BCUT2D eigenvalue weighted by Gasteiger charge is -2.29. The Morgan fingerprint density at radius 2 is 1.52 bits per heavy atom. The Morgan fingerprint density at radius 1 is 0.952 bits per heavy atom. The van der Waals surface area contributed by atoms with Gasteiger partial charge in [-0.25, -0.2) is 0 Å². The molecule has 2 rings (SSSR count). The van der Waals surface area contributed by atoms with Crippen molar-refractivity contribution >= 4 is 6.21 Å². The standard InChI is InChI=1S/C17H25NO3/c1-17(8-6-5-7-9-17)18-12-14-15(20-3)10-13(19-2)11-16(14)21-4/h10-12H,5-9H2,1-4H3. The van der Waals surface area contributed by atoms with Crippen LogP contribution in [0.3, 0.4) is 0 Å². The van der Waals surface area contributed by atoms with Crippen molar-refractivity contribution in [3.8, 4) is 17.2 Å². The minimum Gasteiger partial charge on any atom is -0.496 e. The molecule has 0 atom stereocenters. The summed E-state index contributed by atoms with van der Waals surface area (Å²) in [6, 6.07) is 3.71. The molecule has 1 aromatic rings. The van der Waals surface area contributed by atoms with Crippen molar-refractivity contribution in [3.63, 3.8) is 0 Å². The van der Waals surface area contributed by atoms with E-state index < -0.39 is 0 Å². The molecule has 0 radical (unpaired) electrons. The molecule has 1 aliphatic carbocycles. The minimum absolute atomic E-state index is 0.0359. The molecule has 0 bridgehead atoms. The minimum atomic E-state index is 0.0359. The molecule has 0 aromatic heterocycles. The van der Waals surface area contributed by atoms with Crippen molar-refractivity contribution in [3.05, 3.63) is 17.7 Å². The molecular weight excluding hydrogens is 266 g/mol. The molecule has 116 valence electrons.